The Hall–Kier alpha value is -1.45. The predicted octanol–water partition coefficient (Wildman–Crippen LogP) is 0.878. The molecule has 2 rings (SSSR count). The maximum absolute atomic E-state index is 5.05. The highest BCUT2D eigenvalue weighted by Gasteiger charge is 2.10. The van der Waals surface area contributed by atoms with Gasteiger partial charge in [-0.3, -0.25) is 0 Å². The number of rotatable bonds is 0. The highest BCUT2D eigenvalue weighted by atomic mass is 16.3. The standard InChI is InChI=1S/C6H5N3O/c1-4-6-5(9-8-4)2-7-3-10-6/h2-3H,1H3. The fourth-order valence-electron chi connectivity index (χ4n) is 0.819. The highest BCUT2D eigenvalue weighted by Crippen LogP contribution is 2.19. The molecule has 4 heteroatoms. The molecular weight excluding hydrogens is 130 g/mol. The van der Waals surface area contributed by atoms with Crippen LogP contribution in [0.25, 0.3) is 11.5 Å². The van der Waals surface area contributed by atoms with Crippen LogP contribution in [0.15, 0.2) is 17.0 Å². The molecule has 0 aromatic heterocycles. The molecule has 0 saturated carbocycles. The van der Waals surface area contributed by atoms with E-state index in [9.17, 15) is 0 Å². The van der Waals surface area contributed by atoms with Crippen LogP contribution in [0.5, 0.6) is 0 Å². The molecule has 10 heavy (non-hydrogen) atoms. The topological polar surface area (TPSA) is 51.8 Å². The zero-order chi connectivity index (χ0) is 6.97. The molecule has 2 heterocycles. The molecule has 4 nitrogen and oxygen atoms in total. The molecule has 0 spiro atoms. The van der Waals surface area contributed by atoms with E-state index in [1.807, 2.05) is 6.92 Å². The van der Waals surface area contributed by atoms with Crippen molar-refractivity contribution in [3.8, 4) is 11.5 Å². The summed E-state index contributed by atoms with van der Waals surface area (Å²) in [6, 6.07) is 0. The molecule has 50 valence electrons. The summed E-state index contributed by atoms with van der Waals surface area (Å²) in [7, 11) is 0. The van der Waals surface area contributed by atoms with E-state index in [0.29, 0.717) is 5.69 Å². The summed E-state index contributed by atoms with van der Waals surface area (Å²) >= 11 is 0. The first-order chi connectivity index (χ1) is 4.88. The largest absolute Gasteiger partial charge is 0.441 e. The first-order valence-electron chi connectivity index (χ1n) is 2.89. The van der Waals surface area contributed by atoms with Crippen LogP contribution in [0.1, 0.15) is 5.69 Å². The monoisotopic (exact) mass is 135 g/mol. The summed E-state index contributed by atoms with van der Waals surface area (Å²) in [4.78, 5) is 3.76. The minimum absolute atomic E-state index is 0.708. The van der Waals surface area contributed by atoms with Crippen molar-refractivity contribution in [3.63, 3.8) is 0 Å². The van der Waals surface area contributed by atoms with E-state index in [2.05, 4.69) is 15.2 Å². The molecular formula is C6H5N3O. The molecule has 0 atom stereocenters. The number of aromatic nitrogens is 3. The van der Waals surface area contributed by atoms with Gasteiger partial charge in [0, 0.05) is 0 Å². The van der Waals surface area contributed by atoms with Crippen molar-refractivity contribution in [3.05, 3.63) is 18.3 Å². The third-order valence-electron chi connectivity index (χ3n) is 1.30. The van der Waals surface area contributed by atoms with Gasteiger partial charge in [-0.1, -0.05) is 0 Å². The molecule has 0 radical (unpaired) electrons. The van der Waals surface area contributed by atoms with Crippen LogP contribution in [-0.2, 0) is 0 Å². The van der Waals surface area contributed by atoms with Crippen molar-refractivity contribution in [1.82, 2.24) is 15.2 Å². The first kappa shape index (κ1) is 5.34. The lowest BCUT2D eigenvalue weighted by molar-refractivity contribution is 0.539. The van der Waals surface area contributed by atoms with Gasteiger partial charge in [-0.05, 0) is 6.92 Å². The van der Waals surface area contributed by atoms with Crippen molar-refractivity contribution in [2.75, 3.05) is 0 Å². The fourth-order valence-corrected chi connectivity index (χ4v) is 0.819. The molecule has 0 N–H and O–H groups in total. The van der Waals surface area contributed by atoms with Gasteiger partial charge in [-0.2, -0.15) is 5.10 Å². The predicted molar refractivity (Wildman–Crippen MR) is 33.5 cm³/mol. The Balaban J connectivity index is 2.78. The van der Waals surface area contributed by atoms with E-state index in [1.54, 1.807) is 6.20 Å². The Morgan fingerprint density at radius 3 is 3.10 bits per heavy atom. The van der Waals surface area contributed by atoms with Crippen LogP contribution in [0.4, 0.5) is 0 Å². The average molecular weight is 135 g/mol. The fraction of sp³-hybridized carbons (Fsp3) is 0.167. The molecule has 0 aliphatic carbocycles. The van der Waals surface area contributed by atoms with Crippen molar-refractivity contribution in [2.24, 2.45) is 0 Å². The molecule has 0 bridgehead atoms. The van der Waals surface area contributed by atoms with E-state index in [0.717, 1.165) is 11.5 Å². The Morgan fingerprint density at radius 1 is 1.40 bits per heavy atom. The van der Waals surface area contributed by atoms with E-state index in [1.165, 1.54) is 6.39 Å². The number of fused-ring (bicyclic) bond motifs is 1. The SMILES string of the molecule is Cc1nnc2cncoc1-2. The Bertz CT molecular complexity index is 317. The quantitative estimate of drug-likeness (QED) is 0.538. The summed E-state index contributed by atoms with van der Waals surface area (Å²) in [6.07, 6.45) is 3.00. The Labute approximate surface area is 57.3 Å². The average Bonchev–Trinajstić information content (AvgIpc) is 2.34. The van der Waals surface area contributed by atoms with Gasteiger partial charge >= 0.3 is 0 Å². The number of hydrogen-bond acceptors (Lipinski definition) is 4. The minimum atomic E-state index is 0.708. The lowest BCUT2D eigenvalue weighted by Crippen LogP contribution is -1.78. The molecule has 2 aliphatic heterocycles. The number of aryl methyl sites for hydroxylation is 1. The van der Waals surface area contributed by atoms with Gasteiger partial charge in [0.1, 0.15) is 11.4 Å². The van der Waals surface area contributed by atoms with Crippen LogP contribution < -0.4 is 0 Å². The van der Waals surface area contributed by atoms with Crippen molar-refractivity contribution in [1.29, 1.82) is 0 Å². The maximum Gasteiger partial charge on any atom is 0.181 e. The summed E-state index contributed by atoms with van der Waals surface area (Å²) < 4.78 is 5.05. The molecule has 0 aromatic rings. The van der Waals surface area contributed by atoms with Crippen LogP contribution >= 0.6 is 0 Å². The normalized spacial score (nSPS) is 10.5. The third-order valence-corrected chi connectivity index (χ3v) is 1.30. The smallest absolute Gasteiger partial charge is 0.181 e. The minimum Gasteiger partial charge on any atom is -0.441 e. The summed E-state index contributed by atoms with van der Waals surface area (Å²) in [5.74, 6) is 0.718. The maximum atomic E-state index is 5.05. The van der Waals surface area contributed by atoms with Crippen LogP contribution in [-0.4, -0.2) is 15.2 Å². The van der Waals surface area contributed by atoms with Gasteiger partial charge in [0.2, 0.25) is 0 Å². The number of hydrogen-bond donors (Lipinski definition) is 0. The van der Waals surface area contributed by atoms with Gasteiger partial charge in [0.25, 0.3) is 0 Å². The molecule has 0 fully saturated rings. The van der Waals surface area contributed by atoms with Gasteiger partial charge < -0.3 is 4.42 Å². The zero-order valence-corrected chi connectivity index (χ0v) is 5.40. The number of nitrogens with zero attached hydrogens (tertiary/aromatic N) is 3. The van der Waals surface area contributed by atoms with E-state index >= 15 is 0 Å². The van der Waals surface area contributed by atoms with Gasteiger partial charge in [0.15, 0.2) is 12.2 Å². The highest BCUT2D eigenvalue weighted by molar-refractivity contribution is 5.53. The van der Waals surface area contributed by atoms with Crippen LogP contribution in [0.2, 0.25) is 0 Å². The van der Waals surface area contributed by atoms with E-state index < -0.39 is 0 Å². The van der Waals surface area contributed by atoms with Gasteiger partial charge in [-0.15, -0.1) is 5.10 Å². The summed E-state index contributed by atoms with van der Waals surface area (Å²) in [5.41, 5.74) is 1.51. The van der Waals surface area contributed by atoms with Gasteiger partial charge in [-0.25, -0.2) is 4.98 Å². The van der Waals surface area contributed by atoms with Gasteiger partial charge in [0.05, 0.1) is 6.20 Å². The molecule has 2 aliphatic rings. The van der Waals surface area contributed by atoms with Crippen molar-refractivity contribution < 1.29 is 4.42 Å². The summed E-state index contributed by atoms with van der Waals surface area (Å²) in [6.45, 7) is 1.85. The molecule has 0 amide bonds. The second-order valence-electron chi connectivity index (χ2n) is 2.00. The Kier molecular flexibility index (Phi) is 0.943. The molecule has 0 saturated heterocycles. The van der Waals surface area contributed by atoms with E-state index in [-0.39, 0.29) is 0 Å². The van der Waals surface area contributed by atoms with Crippen molar-refractivity contribution in [2.45, 2.75) is 6.92 Å². The lowest BCUT2D eigenvalue weighted by Gasteiger charge is -1.90. The molecule has 0 aromatic carbocycles. The molecule has 0 unspecified atom stereocenters. The van der Waals surface area contributed by atoms with E-state index in [4.69, 9.17) is 4.42 Å². The summed E-state index contributed by atoms with van der Waals surface area (Å²) in [5, 5.41) is 7.62. The van der Waals surface area contributed by atoms with Crippen LogP contribution in [0, 0.1) is 6.92 Å². The Morgan fingerprint density at radius 2 is 2.30 bits per heavy atom. The lowest BCUT2D eigenvalue weighted by atomic mass is 10.3. The second-order valence-corrected chi connectivity index (χ2v) is 2.00. The third kappa shape index (κ3) is 0.586. The first-order valence-corrected chi connectivity index (χ1v) is 2.89. The van der Waals surface area contributed by atoms with Crippen LogP contribution in [0.3, 0.4) is 0 Å². The van der Waals surface area contributed by atoms with Crippen molar-refractivity contribution >= 4 is 0 Å². The second kappa shape index (κ2) is 1.76. The zero-order valence-electron chi connectivity index (χ0n) is 5.40.